The Hall–Kier alpha value is -3.28. The van der Waals surface area contributed by atoms with Gasteiger partial charge < -0.3 is 15.0 Å². The van der Waals surface area contributed by atoms with Crippen molar-refractivity contribution in [2.45, 2.75) is 18.4 Å². The van der Waals surface area contributed by atoms with Crippen molar-refractivity contribution in [1.82, 2.24) is 10.2 Å². The maximum absolute atomic E-state index is 13.3. The third-order valence-corrected chi connectivity index (χ3v) is 5.61. The van der Waals surface area contributed by atoms with E-state index in [2.05, 4.69) is 21.6 Å². The van der Waals surface area contributed by atoms with E-state index in [4.69, 9.17) is 4.74 Å². The molecule has 6 nitrogen and oxygen atoms in total. The minimum Gasteiger partial charge on any atom is -0.496 e. The Balaban J connectivity index is 1.46. The van der Waals surface area contributed by atoms with Crippen LogP contribution in [0.5, 0.6) is 5.75 Å². The van der Waals surface area contributed by atoms with E-state index in [1.165, 1.54) is 5.56 Å². The second-order valence-electron chi connectivity index (χ2n) is 7.12. The Kier molecular flexibility index (Phi) is 3.47. The van der Waals surface area contributed by atoms with Crippen LogP contribution in [0.3, 0.4) is 0 Å². The number of aromatic amines is 1. The van der Waals surface area contributed by atoms with Crippen LogP contribution in [0.25, 0.3) is 11.1 Å². The van der Waals surface area contributed by atoms with Gasteiger partial charge in [-0.15, -0.1) is 0 Å². The van der Waals surface area contributed by atoms with Gasteiger partial charge in [-0.05, 0) is 30.2 Å². The summed E-state index contributed by atoms with van der Waals surface area (Å²) in [6, 6.07) is 14.1. The summed E-state index contributed by atoms with van der Waals surface area (Å²) in [5.74, 6) is 0.849. The van der Waals surface area contributed by atoms with E-state index in [9.17, 15) is 4.79 Å². The number of nitrogens with zero attached hydrogens (tertiary/aromatic N) is 2. The van der Waals surface area contributed by atoms with Crippen molar-refractivity contribution in [3.8, 4) is 16.9 Å². The van der Waals surface area contributed by atoms with E-state index in [1.807, 2.05) is 47.5 Å². The fourth-order valence-corrected chi connectivity index (χ4v) is 4.20. The predicted molar refractivity (Wildman–Crippen MR) is 104 cm³/mol. The van der Waals surface area contributed by atoms with Crippen molar-refractivity contribution in [3.63, 3.8) is 0 Å². The van der Waals surface area contributed by atoms with Crippen LogP contribution >= 0.6 is 0 Å². The van der Waals surface area contributed by atoms with Crippen molar-refractivity contribution < 1.29 is 9.53 Å². The van der Waals surface area contributed by atoms with Gasteiger partial charge in [0.2, 0.25) is 0 Å². The fraction of sp³-hybridized carbons (Fsp3) is 0.238. The second kappa shape index (κ2) is 5.87. The molecule has 1 atom stereocenters. The van der Waals surface area contributed by atoms with Crippen LogP contribution in [0.15, 0.2) is 54.9 Å². The molecule has 1 spiro atoms. The first kappa shape index (κ1) is 15.9. The van der Waals surface area contributed by atoms with Gasteiger partial charge in [-0.2, -0.15) is 5.10 Å². The lowest BCUT2D eigenvalue weighted by atomic mass is 9.93. The van der Waals surface area contributed by atoms with Crippen molar-refractivity contribution >= 4 is 17.3 Å². The van der Waals surface area contributed by atoms with Crippen LogP contribution < -0.4 is 15.0 Å². The molecule has 1 amide bonds. The van der Waals surface area contributed by atoms with Gasteiger partial charge in [0, 0.05) is 47.7 Å². The third-order valence-electron chi connectivity index (χ3n) is 5.61. The van der Waals surface area contributed by atoms with Gasteiger partial charge in [0.05, 0.1) is 13.3 Å². The summed E-state index contributed by atoms with van der Waals surface area (Å²) in [6.07, 6.45) is 5.11. The Bertz CT molecular complexity index is 988. The average Bonchev–Trinajstić information content (AvgIpc) is 3.42. The molecule has 2 aliphatic rings. The number of hydrogen-bond acceptors (Lipinski definition) is 4. The standard InChI is InChI=1S/C21H20N4O2/c1-27-19-10-16(6-7-17(19)15-12-22-23-13-15)25-9-8-21(20(25)26)11-14-4-2-3-5-18(14)24-21/h2-7,10,12-13,24H,8-9,11H2,1H3,(H,22,23). The third kappa shape index (κ3) is 2.40. The van der Waals surface area contributed by atoms with Crippen LogP contribution in [-0.4, -0.2) is 35.3 Å². The molecular formula is C21H20N4O2. The van der Waals surface area contributed by atoms with Gasteiger partial charge >= 0.3 is 0 Å². The number of methoxy groups -OCH3 is 1. The predicted octanol–water partition coefficient (Wildman–Crippen LogP) is 3.23. The summed E-state index contributed by atoms with van der Waals surface area (Å²) >= 11 is 0. The highest BCUT2D eigenvalue weighted by Crippen LogP contribution is 2.42. The van der Waals surface area contributed by atoms with E-state index in [1.54, 1.807) is 13.3 Å². The van der Waals surface area contributed by atoms with E-state index < -0.39 is 5.54 Å². The lowest BCUT2D eigenvalue weighted by Crippen LogP contribution is -2.45. The van der Waals surface area contributed by atoms with Crippen LogP contribution in [0, 0.1) is 0 Å². The quantitative estimate of drug-likeness (QED) is 0.752. The second-order valence-corrected chi connectivity index (χ2v) is 7.12. The molecule has 1 unspecified atom stereocenters. The summed E-state index contributed by atoms with van der Waals surface area (Å²) in [6.45, 7) is 0.689. The molecule has 1 saturated heterocycles. The summed E-state index contributed by atoms with van der Waals surface area (Å²) in [7, 11) is 1.64. The molecule has 3 heterocycles. The Morgan fingerprint density at radius 1 is 1.22 bits per heavy atom. The van der Waals surface area contributed by atoms with Gasteiger partial charge in [0.15, 0.2) is 0 Å². The Morgan fingerprint density at radius 2 is 2.11 bits per heavy atom. The number of anilines is 2. The number of ether oxygens (including phenoxy) is 1. The molecule has 2 aromatic carbocycles. The van der Waals surface area contributed by atoms with Gasteiger partial charge in [-0.1, -0.05) is 18.2 Å². The summed E-state index contributed by atoms with van der Waals surface area (Å²) in [4.78, 5) is 15.2. The number of fused-ring (bicyclic) bond motifs is 1. The lowest BCUT2D eigenvalue weighted by molar-refractivity contribution is -0.120. The number of benzene rings is 2. The van der Waals surface area contributed by atoms with E-state index >= 15 is 0 Å². The zero-order chi connectivity index (χ0) is 18.4. The number of amides is 1. The van der Waals surface area contributed by atoms with E-state index in [-0.39, 0.29) is 5.91 Å². The average molecular weight is 360 g/mol. The van der Waals surface area contributed by atoms with Gasteiger partial charge in [0.25, 0.3) is 5.91 Å². The Labute approximate surface area is 157 Å². The highest BCUT2D eigenvalue weighted by atomic mass is 16.5. The number of rotatable bonds is 3. The van der Waals surface area contributed by atoms with E-state index in [0.717, 1.165) is 41.1 Å². The smallest absolute Gasteiger partial charge is 0.253 e. The van der Waals surface area contributed by atoms with Crippen LogP contribution in [0.1, 0.15) is 12.0 Å². The summed E-state index contributed by atoms with van der Waals surface area (Å²) in [5.41, 5.74) is 4.51. The molecule has 2 N–H and O–H groups in total. The normalized spacial score (nSPS) is 20.8. The number of aromatic nitrogens is 2. The molecule has 5 rings (SSSR count). The molecule has 6 heteroatoms. The Morgan fingerprint density at radius 3 is 2.89 bits per heavy atom. The number of para-hydroxylation sites is 1. The minimum atomic E-state index is -0.528. The maximum atomic E-state index is 13.3. The first-order chi connectivity index (χ1) is 13.2. The van der Waals surface area contributed by atoms with Crippen molar-refractivity contribution in [3.05, 3.63) is 60.4 Å². The largest absolute Gasteiger partial charge is 0.496 e. The van der Waals surface area contributed by atoms with Gasteiger partial charge in [-0.25, -0.2) is 0 Å². The molecule has 3 aromatic rings. The molecule has 0 aliphatic carbocycles. The van der Waals surface area contributed by atoms with Crippen molar-refractivity contribution in [2.75, 3.05) is 23.9 Å². The zero-order valence-electron chi connectivity index (χ0n) is 15.0. The number of hydrogen-bond donors (Lipinski definition) is 2. The van der Waals surface area contributed by atoms with Crippen LogP contribution in [0.4, 0.5) is 11.4 Å². The SMILES string of the molecule is COc1cc(N2CCC3(Cc4ccccc4N3)C2=O)ccc1-c1cn[nH]c1. The molecular weight excluding hydrogens is 340 g/mol. The fourth-order valence-electron chi connectivity index (χ4n) is 4.20. The lowest BCUT2D eigenvalue weighted by Gasteiger charge is -2.24. The topological polar surface area (TPSA) is 70.2 Å². The van der Waals surface area contributed by atoms with Crippen molar-refractivity contribution in [2.24, 2.45) is 0 Å². The monoisotopic (exact) mass is 360 g/mol. The van der Waals surface area contributed by atoms with Gasteiger partial charge in [-0.3, -0.25) is 9.89 Å². The van der Waals surface area contributed by atoms with Crippen LogP contribution in [0.2, 0.25) is 0 Å². The van der Waals surface area contributed by atoms with Crippen molar-refractivity contribution in [1.29, 1.82) is 0 Å². The highest BCUT2D eigenvalue weighted by Gasteiger charge is 2.50. The molecule has 1 aromatic heterocycles. The summed E-state index contributed by atoms with van der Waals surface area (Å²) < 4.78 is 5.58. The number of carbonyl (C=O) groups excluding carboxylic acids is 1. The molecule has 136 valence electrons. The minimum absolute atomic E-state index is 0.122. The molecule has 0 bridgehead atoms. The molecule has 0 saturated carbocycles. The van der Waals surface area contributed by atoms with E-state index in [0.29, 0.717) is 6.54 Å². The maximum Gasteiger partial charge on any atom is 0.253 e. The number of nitrogens with one attached hydrogen (secondary N) is 2. The number of H-pyrrole nitrogens is 1. The molecule has 27 heavy (non-hydrogen) atoms. The summed E-state index contributed by atoms with van der Waals surface area (Å²) in [5, 5.41) is 10.3. The molecule has 1 fully saturated rings. The first-order valence-corrected chi connectivity index (χ1v) is 9.05. The number of carbonyl (C=O) groups is 1. The zero-order valence-corrected chi connectivity index (χ0v) is 15.0. The van der Waals surface area contributed by atoms with Crippen LogP contribution in [-0.2, 0) is 11.2 Å². The highest BCUT2D eigenvalue weighted by molar-refractivity contribution is 6.06. The molecule has 0 radical (unpaired) electrons. The molecule has 2 aliphatic heterocycles. The first-order valence-electron chi connectivity index (χ1n) is 9.05. The van der Waals surface area contributed by atoms with Gasteiger partial charge in [0.1, 0.15) is 11.3 Å².